The third-order valence-corrected chi connectivity index (χ3v) is 7.00. The number of morpholine rings is 1. The van der Waals surface area contributed by atoms with E-state index in [1.807, 2.05) is 19.1 Å². The minimum Gasteiger partial charge on any atom is -0.489 e. The van der Waals surface area contributed by atoms with Gasteiger partial charge in [0.25, 0.3) is 5.91 Å². The van der Waals surface area contributed by atoms with Crippen molar-refractivity contribution >= 4 is 28.8 Å². The van der Waals surface area contributed by atoms with Gasteiger partial charge < -0.3 is 33.3 Å². The highest BCUT2D eigenvalue weighted by molar-refractivity contribution is 6.05. The number of hydrogen-bond acceptors (Lipinski definition) is 11. The molecule has 1 amide bonds. The van der Waals surface area contributed by atoms with Gasteiger partial charge in [-0.25, -0.2) is 4.98 Å². The van der Waals surface area contributed by atoms with Crippen LogP contribution < -0.4 is 24.8 Å². The van der Waals surface area contributed by atoms with Gasteiger partial charge in [-0.05, 0) is 55.0 Å². The SMILES string of the molecule is Cc1ccc(N(O)C(=O)c2cc(OCc3ccoc3)cc(N3CCOCC3)c2)cc1Nc1ccnc(OCc2ccoc2)n1. The molecule has 0 aliphatic carbocycles. The van der Waals surface area contributed by atoms with Crippen molar-refractivity contribution in [1.29, 1.82) is 0 Å². The summed E-state index contributed by atoms with van der Waals surface area (Å²) in [6.07, 6.45) is 7.92. The Bertz CT molecular complexity index is 1690. The number of benzene rings is 2. The second-order valence-electron chi connectivity index (χ2n) is 10.1. The average Bonchev–Trinajstić information content (AvgIpc) is 3.79. The zero-order valence-electron chi connectivity index (χ0n) is 24.0. The summed E-state index contributed by atoms with van der Waals surface area (Å²) in [6, 6.07) is 15.9. The Labute approximate surface area is 253 Å². The molecule has 44 heavy (non-hydrogen) atoms. The number of hydrogen-bond donors (Lipinski definition) is 2. The van der Waals surface area contributed by atoms with Crippen molar-refractivity contribution in [3.8, 4) is 11.8 Å². The van der Waals surface area contributed by atoms with Crippen LogP contribution in [0.5, 0.6) is 11.8 Å². The highest BCUT2D eigenvalue weighted by Crippen LogP contribution is 2.30. The third kappa shape index (κ3) is 7.00. The standard InChI is InChI=1S/C32H31N5O7/c1-22-2-3-26(17-29(22)34-30-4-7-33-32(35-30)44-21-24-6-11-42-19-24)37(39)31(38)25-14-27(36-8-12-40-13-9-36)16-28(15-25)43-20-23-5-10-41-18-23/h2-7,10-11,14-19,39H,8-9,12-13,20-21H2,1H3,(H,33,34,35). The number of aromatic nitrogens is 2. The van der Waals surface area contributed by atoms with Gasteiger partial charge >= 0.3 is 6.01 Å². The van der Waals surface area contributed by atoms with Crippen LogP contribution in [0.1, 0.15) is 27.0 Å². The number of anilines is 4. The molecule has 1 fully saturated rings. The number of furan rings is 2. The van der Waals surface area contributed by atoms with Crippen LogP contribution in [0.2, 0.25) is 0 Å². The van der Waals surface area contributed by atoms with Crippen LogP contribution in [0.15, 0.2) is 94.7 Å². The number of carbonyl (C=O) groups is 1. The molecule has 0 radical (unpaired) electrons. The highest BCUT2D eigenvalue weighted by atomic mass is 16.5. The molecule has 0 atom stereocenters. The first kappa shape index (κ1) is 28.8. The van der Waals surface area contributed by atoms with E-state index >= 15 is 0 Å². The Morgan fingerprint density at radius 1 is 0.977 bits per heavy atom. The number of nitrogens with zero attached hydrogens (tertiary/aromatic N) is 4. The summed E-state index contributed by atoms with van der Waals surface area (Å²) in [5.41, 5.74) is 4.57. The first-order valence-electron chi connectivity index (χ1n) is 14.0. The van der Waals surface area contributed by atoms with Gasteiger partial charge in [0.2, 0.25) is 0 Å². The minimum atomic E-state index is -0.611. The van der Waals surface area contributed by atoms with Crippen LogP contribution in [0.4, 0.5) is 22.9 Å². The lowest BCUT2D eigenvalue weighted by molar-refractivity contribution is 0.0854. The quantitative estimate of drug-likeness (QED) is 0.142. The Hall–Kier alpha value is -5.33. The fourth-order valence-corrected chi connectivity index (χ4v) is 4.59. The summed E-state index contributed by atoms with van der Waals surface area (Å²) in [7, 11) is 0. The molecule has 6 rings (SSSR count). The summed E-state index contributed by atoms with van der Waals surface area (Å²) in [5.74, 6) is 0.365. The molecule has 0 unspecified atom stereocenters. The molecular weight excluding hydrogens is 566 g/mol. The molecular formula is C32H31N5O7. The number of ether oxygens (including phenoxy) is 3. The van der Waals surface area contributed by atoms with E-state index in [1.54, 1.807) is 73.7 Å². The maximum absolute atomic E-state index is 13.6. The molecule has 3 aromatic heterocycles. The van der Waals surface area contributed by atoms with E-state index in [0.29, 0.717) is 48.6 Å². The van der Waals surface area contributed by atoms with E-state index in [-0.39, 0.29) is 30.5 Å². The number of aryl methyl sites for hydroxylation is 1. The van der Waals surface area contributed by atoms with Gasteiger partial charge in [0.15, 0.2) is 0 Å². The first-order valence-corrected chi connectivity index (χ1v) is 14.0. The summed E-state index contributed by atoms with van der Waals surface area (Å²) < 4.78 is 27.4. The van der Waals surface area contributed by atoms with Crippen molar-refractivity contribution in [2.24, 2.45) is 0 Å². The maximum Gasteiger partial charge on any atom is 0.318 e. The molecule has 1 aliphatic heterocycles. The fraction of sp³-hybridized carbons (Fsp3) is 0.219. The van der Waals surface area contributed by atoms with E-state index in [9.17, 15) is 10.0 Å². The molecule has 12 nitrogen and oxygen atoms in total. The molecule has 1 saturated heterocycles. The topological polar surface area (TPSA) is 136 Å². The number of amides is 1. The lowest BCUT2D eigenvalue weighted by atomic mass is 10.1. The molecule has 226 valence electrons. The van der Waals surface area contributed by atoms with Crippen molar-refractivity contribution in [1.82, 2.24) is 9.97 Å². The van der Waals surface area contributed by atoms with Crippen LogP contribution in [-0.4, -0.2) is 47.4 Å². The zero-order chi connectivity index (χ0) is 30.3. The van der Waals surface area contributed by atoms with E-state index in [4.69, 9.17) is 23.0 Å². The van der Waals surface area contributed by atoms with Crippen LogP contribution in [0.3, 0.4) is 0 Å². The van der Waals surface area contributed by atoms with Gasteiger partial charge in [-0.2, -0.15) is 10.0 Å². The van der Waals surface area contributed by atoms with Crippen molar-refractivity contribution < 1.29 is 33.0 Å². The molecule has 0 spiro atoms. The number of hydroxylamine groups is 1. The zero-order valence-corrected chi connectivity index (χ0v) is 24.0. The number of rotatable bonds is 11. The lowest BCUT2D eigenvalue weighted by Gasteiger charge is -2.29. The van der Waals surface area contributed by atoms with Crippen molar-refractivity contribution in [2.75, 3.05) is 41.6 Å². The maximum atomic E-state index is 13.6. The van der Waals surface area contributed by atoms with Gasteiger partial charge in [-0.15, -0.1) is 0 Å². The molecule has 5 aromatic rings. The van der Waals surface area contributed by atoms with Crippen LogP contribution >= 0.6 is 0 Å². The van der Waals surface area contributed by atoms with Gasteiger partial charge in [0, 0.05) is 53.4 Å². The van der Waals surface area contributed by atoms with Crippen LogP contribution in [0, 0.1) is 6.92 Å². The summed E-state index contributed by atoms with van der Waals surface area (Å²) in [5, 5.41) is 15.0. The minimum absolute atomic E-state index is 0.190. The number of carbonyl (C=O) groups excluding carboxylic acids is 1. The Kier molecular flexibility index (Phi) is 8.71. The summed E-state index contributed by atoms with van der Waals surface area (Å²) in [4.78, 5) is 24.3. The molecule has 0 bridgehead atoms. The second kappa shape index (κ2) is 13.3. The van der Waals surface area contributed by atoms with E-state index in [1.165, 1.54) is 0 Å². The molecule has 2 aromatic carbocycles. The van der Waals surface area contributed by atoms with E-state index in [0.717, 1.165) is 22.4 Å². The molecule has 12 heteroatoms. The fourth-order valence-electron chi connectivity index (χ4n) is 4.59. The predicted molar refractivity (Wildman–Crippen MR) is 161 cm³/mol. The second-order valence-corrected chi connectivity index (χ2v) is 10.1. The monoisotopic (exact) mass is 597 g/mol. The Morgan fingerprint density at radius 2 is 1.73 bits per heavy atom. The largest absolute Gasteiger partial charge is 0.489 e. The van der Waals surface area contributed by atoms with Gasteiger partial charge in [0.1, 0.15) is 24.8 Å². The normalized spacial score (nSPS) is 13.0. The smallest absolute Gasteiger partial charge is 0.318 e. The third-order valence-electron chi connectivity index (χ3n) is 7.00. The lowest BCUT2D eigenvalue weighted by Crippen LogP contribution is -2.36. The first-order chi connectivity index (χ1) is 21.5. The number of nitrogens with one attached hydrogen (secondary N) is 1. The van der Waals surface area contributed by atoms with Crippen LogP contribution in [0.25, 0.3) is 0 Å². The van der Waals surface area contributed by atoms with Gasteiger partial charge in [0.05, 0.1) is 44.0 Å². The Balaban J connectivity index is 1.20. The Morgan fingerprint density at radius 3 is 2.45 bits per heavy atom. The summed E-state index contributed by atoms with van der Waals surface area (Å²) >= 11 is 0. The van der Waals surface area contributed by atoms with Crippen molar-refractivity contribution in [3.05, 3.63) is 108 Å². The van der Waals surface area contributed by atoms with Crippen molar-refractivity contribution in [3.63, 3.8) is 0 Å². The van der Waals surface area contributed by atoms with Crippen LogP contribution in [-0.2, 0) is 18.0 Å². The molecule has 1 aliphatic rings. The van der Waals surface area contributed by atoms with Gasteiger partial charge in [-0.1, -0.05) is 6.07 Å². The average molecular weight is 598 g/mol. The molecule has 2 N–H and O–H groups in total. The van der Waals surface area contributed by atoms with E-state index in [2.05, 4.69) is 20.2 Å². The van der Waals surface area contributed by atoms with E-state index < -0.39 is 5.91 Å². The van der Waals surface area contributed by atoms with Crippen molar-refractivity contribution in [2.45, 2.75) is 20.1 Å². The highest BCUT2D eigenvalue weighted by Gasteiger charge is 2.21. The predicted octanol–water partition coefficient (Wildman–Crippen LogP) is 5.75. The molecule has 0 saturated carbocycles. The van der Waals surface area contributed by atoms with Gasteiger partial charge in [-0.3, -0.25) is 10.0 Å². The summed E-state index contributed by atoms with van der Waals surface area (Å²) in [6.45, 7) is 4.95. The molecule has 4 heterocycles.